The van der Waals surface area contributed by atoms with Crippen LogP contribution in [0.1, 0.15) is 65.7 Å². The van der Waals surface area contributed by atoms with Crippen molar-refractivity contribution >= 4 is 0 Å². The fourth-order valence-electron chi connectivity index (χ4n) is 1.11. The minimum atomic E-state index is 1.000. The molecule has 1 rings (SSSR count). The van der Waals surface area contributed by atoms with Gasteiger partial charge in [0.15, 0.2) is 0 Å². The lowest BCUT2D eigenvalue weighted by atomic mass is 9.98. The van der Waals surface area contributed by atoms with Crippen molar-refractivity contribution in [3.63, 3.8) is 0 Å². The predicted octanol–water partition coefficient (Wildman–Crippen LogP) is 4.39. The summed E-state index contributed by atoms with van der Waals surface area (Å²) in [4.78, 5) is 0. The third kappa shape index (κ3) is 10.0. The molecule has 1 saturated carbocycles. The molecular formula is C11H24. The van der Waals surface area contributed by atoms with Crippen LogP contribution in [0.15, 0.2) is 0 Å². The summed E-state index contributed by atoms with van der Waals surface area (Å²) in [5.74, 6) is 1.000. The van der Waals surface area contributed by atoms with Gasteiger partial charge in [0.2, 0.25) is 0 Å². The summed E-state index contributed by atoms with van der Waals surface area (Å²) in [6.07, 6.45) is 10.0. The van der Waals surface area contributed by atoms with E-state index in [1.54, 1.807) is 0 Å². The molecule has 0 atom stereocenters. The highest BCUT2D eigenvalue weighted by Gasteiger charge is 1.98. The van der Waals surface area contributed by atoms with Crippen molar-refractivity contribution < 1.29 is 0 Å². The molecule has 0 aromatic heterocycles. The maximum absolute atomic E-state index is 2.28. The third-order valence-electron chi connectivity index (χ3n) is 2.21. The third-order valence-corrected chi connectivity index (χ3v) is 2.21. The Morgan fingerprint density at radius 2 is 1.36 bits per heavy atom. The molecular weight excluding hydrogens is 132 g/mol. The van der Waals surface area contributed by atoms with E-state index in [9.17, 15) is 0 Å². The zero-order valence-corrected chi connectivity index (χ0v) is 8.53. The summed E-state index contributed by atoms with van der Waals surface area (Å²) < 4.78 is 0. The smallest absolute Gasteiger partial charge is 0.0420 e. The van der Waals surface area contributed by atoms with Gasteiger partial charge in [0.05, 0.1) is 0 Å². The molecule has 0 aromatic rings. The fourth-order valence-corrected chi connectivity index (χ4v) is 1.11. The summed E-state index contributed by atoms with van der Waals surface area (Å²) >= 11 is 0. The maximum Gasteiger partial charge on any atom is -0.0420 e. The second-order valence-corrected chi connectivity index (χ2v) is 3.53. The van der Waals surface area contributed by atoms with Crippen molar-refractivity contribution in [3.05, 3.63) is 0 Å². The molecule has 1 aliphatic carbocycles. The molecule has 0 radical (unpaired) electrons. The van der Waals surface area contributed by atoms with Gasteiger partial charge in [0, 0.05) is 0 Å². The van der Waals surface area contributed by atoms with Gasteiger partial charge in [-0.05, 0) is 5.92 Å². The summed E-state index contributed by atoms with van der Waals surface area (Å²) in [5, 5.41) is 0. The Bertz CT molecular complexity index is 57.7. The zero-order valence-electron chi connectivity index (χ0n) is 8.53. The molecule has 0 amide bonds. The van der Waals surface area contributed by atoms with Crippen LogP contribution < -0.4 is 0 Å². The van der Waals surface area contributed by atoms with Crippen LogP contribution in [0, 0.1) is 5.92 Å². The van der Waals surface area contributed by atoms with Crippen molar-refractivity contribution in [1.82, 2.24) is 0 Å². The van der Waals surface area contributed by atoms with Gasteiger partial charge in [-0.1, -0.05) is 65.7 Å². The van der Waals surface area contributed by atoms with E-state index in [2.05, 4.69) is 20.8 Å². The van der Waals surface area contributed by atoms with Crippen LogP contribution in [-0.2, 0) is 0 Å². The lowest BCUT2D eigenvalue weighted by molar-refractivity contribution is 0.451. The van der Waals surface area contributed by atoms with E-state index in [0.717, 1.165) is 5.92 Å². The topological polar surface area (TPSA) is 0 Å². The first-order chi connectivity index (χ1) is 5.35. The van der Waals surface area contributed by atoms with Crippen LogP contribution in [0.2, 0.25) is 0 Å². The SMILES string of the molecule is C1CC1.CCCC(CC)CC. The minimum Gasteiger partial charge on any atom is -0.0654 e. The Hall–Kier alpha value is 0. The predicted molar refractivity (Wildman–Crippen MR) is 52.8 cm³/mol. The first kappa shape index (κ1) is 11.0. The lowest BCUT2D eigenvalue weighted by Gasteiger charge is -2.08. The van der Waals surface area contributed by atoms with Crippen molar-refractivity contribution in [3.8, 4) is 0 Å². The summed E-state index contributed by atoms with van der Waals surface area (Å²) in [5.41, 5.74) is 0. The van der Waals surface area contributed by atoms with Crippen molar-refractivity contribution in [2.45, 2.75) is 65.7 Å². The molecule has 0 unspecified atom stereocenters. The van der Waals surface area contributed by atoms with E-state index < -0.39 is 0 Å². The molecule has 0 heteroatoms. The number of rotatable bonds is 4. The van der Waals surface area contributed by atoms with E-state index in [1.165, 1.54) is 44.9 Å². The van der Waals surface area contributed by atoms with Gasteiger partial charge in [0.1, 0.15) is 0 Å². The molecule has 11 heavy (non-hydrogen) atoms. The molecule has 0 spiro atoms. The van der Waals surface area contributed by atoms with E-state index in [0.29, 0.717) is 0 Å². The Morgan fingerprint density at radius 1 is 0.909 bits per heavy atom. The minimum absolute atomic E-state index is 1.000. The quantitative estimate of drug-likeness (QED) is 0.566. The molecule has 0 N–H and O–H groups in total. The van der Waals surface area contributed by atoms with Gasteiger partial charge in [-0.3, -0.25) is 0 Å². The largest absolute Gasteiger partial charge is 0.0654 e. The summed E-state index contributed by atoms with van der Waals surface area (Å²) in [6, 6.07) is 0. The maximum atomic E-state index is 2.28. The average Bonchev–Trinajstić information content (AvgIpc) is 2.85. The fraction of sp³-hybridized carbons (Fsp3) is 1.00. The Labute approximate surface area is 72.4 Å². The van der Waals surface area contributed by atoms with Crippen molar-refractivity contribution in [2.24, 2.45) is 5.92 Å². The van der Waals surface area contributed by atoms with E-state index >= 15 is 0 Å². The van der Waals surface area contributed by atoms with E-state index in [-0.39, 0.29) is 0 Å². The summed E-state index contributed by atoms with van der Waals surface area (Å²) in [7, 11) is 0. The van der Waals surface area contributed by atoms with Gasteiger partial charge >= 0.3 is 0 Å². The van der Waals surface area contributed by atoms with Crippen LogP contribution in [0.5, 0.6) is 0 Å². The Morgan fingerprint density at radius 3 is 1.45 bits per heavy atom. The zero-order chi connectivity index (χ0) is 8.53. The monoisotopic (exact) mass is 156 g/mol. The van der Waals surface area contributed by atoms with Crippen LogP contribution in [0.4, 0.5) is 0 Å². The van der Waals surface area contributed by atoms with Crippen molar-refractivity contribution in [1.29, 1.82) is 0 Å². The van der Waals surface area contributed by atoms with Gasteiger partial charge in [-0.25, -0.2) is 0 Å². The van der Waals surface area contributed by atoms with Gasteiger partial charge in [-0.15, -0.1) is 0 Å². The molecule has 0 heterocycles. The van der Waals surface area contributed by atoms with Gasteiger partial charge in [0.25, 0.3) is 0 Å². The standard InChI is InChI=1S/C8H18.C3H6/c1-4-7-8(5-2)6-3;1-2-3-1/h8H,4-7H2,1-3H3;1-3H2. The lowest BCUT2D eigenvalue weighted by Crippen LogP contribution is -1.94. The highest BCUT2D eigenvalue weighted by Crippen LogP contribution is 2.15. The molecule has 68 valence electrons. The normalized spacial score (nSPS) is 14.2. The first-order valence-electron chi connectivity index (χ1n) is 5.35. The number of hydrogen-bond acceptors (Lipinski definition) is 0. The van der Waals surface area contributed by atoms with Gasteiger partial charge in [-0.2, -0.15) is 0 Å². The van der Waals surface area contributed by atoms with E-state index in [4.69, 9.17) is 0 Å². The second-order valence-electron chi connectivity index (χ2n) is 3.53. The van der Waals surface area contributed by atoms with Crippen LogP contribution >= 0.6 is 0 Å². The Balaban J connectivity index is 0.000000271. The summed E-state index contributed by atoms with van der Waals surface area (Å²) in [6.45, 7) is 6.83. The molecule has 1 aliphatic rings. The first-order valence-corrected chi connectivity index (χ1v) is 5.35. The Kier molecular flexibility index (Phi) is 8.10. The molecule has 0 bridgehead atoms. The van der Waals surface area contributed by atoms with Crippen LogP contribution in [0.3, 0.4) is 0 Å². The molecule has 0 aromatic carbocycles. The number of hydrogen-bond donors (Lipinski definition) is 0. The highest BCUT2D eigenvalue weighted by atomic mass is 14.0. The second kappa shape index (κ2) is 8.10. The van der Waals surface area contributed by atoms with Gasteiger partial charge < -0.3 is 0 Å². The molecule has 0 nitrogen and oxygen atoms in total. The average molecular weight is 156 g/mol. The van der Waals surface area contributed by atoms with Crippen LogP contribution in [0.25, 0.3) is 0 Å². The van der Waals surface area contributed by atoms with Crippen molar-refractivity contribution in [2.75, 3.05) is 0 Å². The molecule has 0 aliphatic heterocycles. The molecule has 1 fully saturated rings. The van der Waals surface area contributed by atoms with E-state index in [1.807, 2.05) is 0 Å². The van der Waals surface area contributed by atoms with Crippen LogP contribution in [-0.4, -0.2) is 0 Å². The highest BCUT2D eigenvalue weighted by molar-refractivity contribution is 4.51. The molecule has 0 saturated heterocycles.